The predicted octanol–water partition coefficient (Wildman–Crippen LogP) is 12.6. The van der Waals surface area contributed by atoms with E-state index >= 15 is 0 Å². The Balaban J connectivity index is 0.977. The van der Waals surface area contributed by atoms with Gasteiger partial charge >= 0.3 is 0 Å². The van der Waals surface area contributed by atoms with Crippen LogP contribution in [0, 0.1) is 0 Å². The lowest BCUT2D eigenvalue weighted by molar-refractivity contribution is 1.07. The van der Waals surface area contributed by atoms with E-state index in [1.165, 1.54) is 10.9 Å². The van der Waals surface area contributed by atoms with Crippen LogP contribution in [0.1, 0.15) is 0 Å². The first-order valence-electron chi connectivity index (χ1n) is 18.7. The monoisotopic (exact) mass is 715 g/mol. The van der Waals surface area contributed by atoms with Gasteiger partial charge in [-0.15, -0.1) is 0 Å². The molecule has 0 aliphatic heterocycles. The maximum absolute atomic E-state index is 5.13. The number of rotatable bonds is 7. The van der Waals surface area contributed by atoms with E-state index in [4.69, 9.17) is 24.9 Å². The summed E-state index contributed by atoms with van der Waals surface area (Å²) in [6, 6.07) is 68.7. The lowest BCUT2D eigenvalue weighted by Gasteiger charge is -2.11. The van der Waals surface area contributed by atoms with E-state index in [1.54, 1.807) is 0 Å². The van der Waals surface area contributed by atoms with Gasteiger partial charge in [0.15, 0.2) is 17.5 Å². The zero-order chi connectivity index (χ0) is 37.3. The molecule has 0 aliphatic rings. The standard InChI is InChI=1S/C51H33N5/c1-3-13-34(14-4-1)35-27-31-39(32-28-35)50-54-49(38-15-5-2-6-16-38)55-51(56-50)41-18-11-17-40(33-41)36-25-29-37(30-26-36)45-23-12-24-47(52-45)48-44-21-8-7-19-42(44)43-20-9-10-22-46(43)53-48/h1-33H. The Morgan fingerprint density at radius 1 is 0.232 bits per heavy atom. The van der Waals surface area contributed by atoms with Crippen molar-refractivity contribution in [2.75, 3.05) is 0 Å². The Bertz CT molecular complexity index is 3000. The van der Waals surface area contributed by atoms with E-state index in [0.717, 1.165) is 72.3 Å². The largest absolute Gasteiger partial charge is 0.246 e. The van der Waals surface area contributed by atoms with Crippen molar-refractivity contribution in [3.8, 4) is 79.1 Å². The van der Waals surface area contributed by atoms with E-state index in [-0.39, 0.29) is 0 Å². The van der Waals surface area contributed by atoms with Crippen LogP contribution in [0.2, 0.25) is 0 Å². The van der Waals surface area contributed by atoms with Crippen LogP contribution >= 0.6 is 0 Å². The van der Waals surface area contributed by atoms with Gasteiger partial charge < -0.3 is 0 Å². The fraction of sp³-hybridized carbons (Fsp3) is 0. The van der Waals surface area contributed by atoms with Gasteiger partial charge in [0.05, 0.1) is 22.6 Å². The lowest BCUT2D eigenvalue weighted by atomic mass is 10.00. The third-order valence-corrected chi connectivity index (χ3v) is 10.2. The average Bonchev–Trinajstić information content (AvgIpc) is 3.29. The molecular weight excluding hydrogens is 683 g/mol. The fourth-order valence-electron chi connectivity index (χ4n) is 7.29. The zero-order valence-corrected chi connectivity index (χ0v) is 30.3. The van der Waals surface area contributed by atoms with Crippen molar-refractivity contribution in [3.05, 3.63) is 200 Å². The molecule has 0 spiro atoms. The number of hydrogen-bond acceptors (Lipinski definition) is 5. The molecule has 5 heteroatoms. The van der Waals surface area contributed by atoms with Crippen LogP contribution < -0.4 is 0 Å². The van der Waals surface area contributed by atoms with Gasteiger partial charge in [-0.2, -0.15) is 0 Å². The third kappa shape index (κ3) is 6.37. The molecule has 56 heavy (non-hydrogen) atoms. The minimum absolute atomic E-state index is 0.621. The van der Waals surface area contributed by atoms with Crippen LogP contribution in [-0.2, 0) is 0 Å². The molecule has 3 aromatic heterocycles. The number of para-hydroxylation sites is 1. The summed E-state index contributed by atoms with van der Waals surface area (Å²) in [6.45, 7) is 0. The fourth-order valence-corrected chi connectivity index (χ4v) is 7.29. The Kier molecular flexibility index (Phi) is 8.43. The molecule has 0 N–H and O–H groups in total. The molecule has 262 valence electrons. The second kappa shape index (κ2) is 14.3. The van der Waals surface area contributed by atoms with Crippen molar-refractivity contribution in [2.45, 2.75) is 0 Å². The summed E-state index contributed by atoms with van der Waals surface area (Å²) in [7, 11) is 0. The first kappa shape index (κ1) is 33.0. The van der Waals surface area contributed by atoms with Crippen LogP contribution in [0.15, 0.2) is 200 Å². The summed E-state index contributed by atoms with van der Waals surface area (Å²) >= 11 is 0. The van der Waals surface area contributed by atoms with Gasteiger partial charge in [0.2, 0.25) is 0 Å². The number of nitrogens with zero attached hydrogens (tertiary/aromatic N) is 5. The maximum Gasteiger partial charge on any atom is 0.164 e. The number of aromatic nitrogens is 5. The van der Waals surface area contributed by atoms with Gasteiger partial charge in [0, 0.05) is 33.0 Å². The molecule has 0 bridgehead atoms. The van der Waals surface area contributed by atoms with Crippen molar-refractivity contribution in [2.24, 2.45) is 0 Å². The summed E-state index contributed by atoms with van der Waals surface area (Å²) in [6.07, 6.45) is 0. The van der Waals surface area contributed by atoms with Crippen molar-refractivity contribution in [3.63, 3.8) is 0 Å². The molecule has 0 radical (unpaired) electrons. The Morgan fingerprint density at radius 2 is 0.679 bits per heavy atom. The lowest BCUT2D eigenvalue weighted by Crippen LogP contribution is -2.00. The zero-order valence-electron chi connectivity index (χ0n) is 30.3. The molecule has 0 saturated carbocycles. The van der Waals surface area contributed by atoms with E-state index in [9.17, 15) is 0 Å². The minimum Gasteiger partial charge on any atom is -0.246 e. The van der Waals surface area contributed by atoms with Crippen LogP contribution in [0.4, 0.5) is 0 Å². The first-order chi connectivity index (χ1) is 27.7. The molecule has 0 unspecified atom stereocenters. The van der Waals surface area contributed by atoms with Crippen molar-refractivity contribution >= 4 is 21.7 Å². The smallest absolute Gasteiger partial charge is 0.164 e. The molecule has 3 heterocycles. The Hall–Kier alpha value is -7.63. The van der Waals surface area contributed by atoms with E-state index in [2.05, 4.69) is 152 Å². The molecular formula is C51H33N5. The second-order valence-electron chi connectivity index (χ2n) is 13.7. The van der Waals surface area contributed by atoms with Gasteiger partial charge in [-0.05, 0) is 51.9 Å². The SMILES string of the molecule is c1ccc(-c2ccc(-c3nc(-c4ccccc4)nc(-c4cccc(-c5ccc(-c6cccc(-c7nc8ccccc8c8ccccc78)n6)cc5)c4)n3)cc2)cc1. The van der Waals surface area contributed by atoms with Crippen molar-refractivity contribution < 1.29 is 0 Å². The third-order valence-electron chi connectivity index (χ3n) is 10.2. The topological polar surface area (TPSA) is 64.5 Å². The molecule has 0 saturated heterocycles. The van der Waals surface area contributed by atoms with Gasteiger partial charge in [-0.25, -0.2) is 24.9 Å². The average molecular weight is 716 g/mol. The predicted molar refractivity (Wildman–Crippen MR) is 228 cm³/mol. The second-order valence-corrected chi connectivity index (χ2v) is 13.7. The molecule has 10 aromatic rings. The highest BCUT2D eigenvalue weighted by Gasteiger charge is 2.15. The summed E-state index contributed by atoms with van der Waals surface area (Å²) in [5.41, 5.74) is 11.9. The molecule has 0 atom stereocenters. The molecule has 5 nitrogen and oxygen atoms in total. The normalized spacial score (nSPS) is 11.2. The van der Waals surface area contributed by atoms with E-state index < -0.39 is 0 Å². The number of hydrogen-bond donors (Lipinski definition) is 0. The molecule has 0 amide bonds. The highest BCUT2D eigenvalue weighted by atomic mass is 15.0. The van der Waals surface area contributed by atoms with Gasteiger partial charge in [-0.3, -0.25) is 0 Å². The summed E-state index contributed by atoms with van der Waals surface area (Å²) in [5.74, 6) is 1.88. The summed E-state index contributed by atoms with van der Waals surface area (Å²) < 4.78 is 0. The van der Waals surface area contributed by atoms with Crippen LogP contribution in [-0.4, -0.2) is 24.9 Å². The number of pyridine rings is 2. The van der Waals surface area contributed by atoms with E-state index in [1.807, 2.05) is 48.5 Å². The summed E-state index contributed by atoms with van der Waals surface area (Å²) in [5, 5.41) is 3.41. The van der Waals surface area contributed by atoms with Crippen LogP contribution in [0.5, 0.6) is 0 Å². The maximum atomic E-state index is 5.13. The molecule has 7 aromatic carbocycles. The first-order valence-corrected chi connectivity index (χ1v) is 18.7. The highest BCUT2D eigenvalue weighted by molar-refractivity contribution is 6.10. The van der Waals surface area contributed by atoms with Crippen LogP contribution in [0.25, 0.3) is 101 Å². The van der Waals surface area contributed by atoms with Gasteiger partial charge in [0.25, 0.3) is 0 Å². The highest BCUT2D eigenvalue weighted by Crippen LogP contribution is 2.34. The summed E-state index contributed by atoms with van der Waals surface area (Å²) in [4.78, 5) is 25.2. The van der Waals surface area contributed by atoms with Gasteiger partial charge in [-0.1, -0.05) is 176 Å². The molecule has 10 rings (SSSR count). The Labute approximate surface area is 324 Å². The van der Waals surface area contributed by atoms with Gasteiger partial charge in [0.1, 0.15) is 0 Å². The Morgan fingerprint density at radius 3 is 1.39 bits per heavy atom. The number of benzene rings is 7. The van der Waals surface area contributed by atoms with Crippen molar-refractivity contribution in [1.29, 1.82) is 0 Å². The van der Waals surface area contributed by atoms with Crippen LogP contribution in [0.3, 0.4) is 0 Å². The van der Waals surface area contributed by atoms with E-state index in [0.29, 0.717) is 17.5 Å². The number of fused-ring (bicyclic) bond motifs is 3. The molecule has 0 aliphatic carbocycles. The minimum atomic E-state index is 0.621. The molecule has 0 fully saturated rings. The van der Waals surface area contributed by atoms with Crippen molar-refractivity contribution in [1.82, 2.24) is 24.9 Å². The quantitative estimate of drug-likeness (QED) is 0.154.